The third kappa shape index (κ3) is 5.35. The van der Waals surface area contributed by atoms with Gasteiger partial charge in [-0.15, -0.1) is 0 Å². The van der Waals surface area contributed by atoms with Gasteiger partial charge in [0.25, 0.3) is 5.91 Å². The number of nitrogens with one attached hydrogen (secondary N) is 1. The van der Waals surface area contributed by atoms with Crippen LogP contribution in [0.2, 0.25) is 0 Å². The van der Waals surface area contributed by atoms with Crippen LogP contribution in [-0.4, -0.2) is 24.6 Å². The zero-order valence-electron chi connectivity index (χ0n) is 15.0. The van der Waals surface area contributed by atoms with Gasteiger partial charge in [-0.05, 0) is 57.0 Å². The molecule has 0 saturated carbocycles. The van der Waals surface area contributed by atoms with E-state index in [1.807, 2.05) is 45.0 Å². The van der Waals surface area contributed by atoms with E-state index in [1.165, 1.54) is 6.92 Å². The third-order valence-electron chi connectivity index (χ3n) is 3.90. The van der Waals surface area contributed by atoms with Crippen molar-refractivity contribution >= 4 is 17.6 Å². The molecular weight excluding hydrogens is 318 g/mol. The molecule has 0 heterocycles. The molecule has 2 aromatic rings. The van der Waals surface area contributed by atoms with Gasteiger partial charge < -0.3 is 14.8 Å². The van der Waals surface area contributed by atoms with Crippen LogP contribution in [0.3, 0.4) is 0 Å². The molecule has 0 aliphatic rings. The summed E-state index contributed by atoms with van der Waals surface area (Å²) in [6, 6.07) is 13.0. The summed E-state index contributed by atoms with van der Waals surface area (Å²) in [6.07, 6.45) is -0.906. The Hall–Kier alpha value is -2.82. The molecule has 1 amide bonds. The predicted molar refractivity (Wildman–Crippen MR) is 96.8 cm³/mol. The lowest BCUT2D eigenvalue weighted by Crippen LogP contribution is -2.31. The summed E-state index contributed by atoms with van der Waals surface area (Å²) >= 11 is 0. The first kappa shape index (κ1) is 18.5. The monoisotopic (exact) mass is 341 g/mol. The topological polar surface area (TPSA) is 64.6 Å². The lowest BCUT2D eigenvalue weighted by Gasteiger charge is -2.15. The number of hydrogen-bond donors (Lipinski definition) is 1. The molecule has 2 aromatic carbocycles. The minimum absolute atomic E-state index is 0.244. The van der Waals surface area contributed by atoms with E-state index in [0.717, 1.165) is 16.7 Å². The van der Waals surface area contributed by atoms with Crippen molar-refractivity contribution in [2.24, 2.45) is 0 Å². The van der Waals surface area contributed by atoms with Gasteiger partial charge in [-0.3, -0.25) is 4.79 Å². The van der Waals surface area contributed by atoms with Gasteiger partial charge in [-0.2, -0.15) is 0 Å². The van der Waals surface area contributed by atoms with E-state index in [9.17, 15) is 9.59 Å². The zero-order chi connectivity index (χ0) is 18.4. The van der Waals surface area contributed by atoms with E-state index in [4.69, 9.17) is 9.47 Å². The van der Waals surface area contributed by atoms with Gasteiger partial charge in [0.2, 0.25) is 0 Å². The number of amides is 1. The van der Waals surface area contributed by atoms with E-state index in [-0.39, 0.29) is 12.5 Å². The van der Waals surface area contributed by atoms with Gasteiger partial charge >= 0.3 is 5.97 Å². The maximum absolute atomic E-state index is 12.1. The quantitative estimate of drug-likeness (QED) is 0.816. The standard InChI is InChI=1S/C20H23NO4/c1-13-8-10-17(11-9-13)21-20(23)16(4)25-19(22)12-24-18-7-5-6-14(2)15(18)3/h5-11,16H,12H2,1-4H3,(H,21,23)/t16-/m1/s1. The van der Waals surface area contributed by atoms with Crippen molar-refractivity contribution in [3.8, 4) is 5.75 Å². The van der Waals surface area contributed by atoms with Gasteiger partial charge in [-0.25, -0.2) is 4.79 Å². The summed E-state index contributed by atoms with van der Waals surface area (Å²) in [4.78, 5) is 24.0. The second kappa shape index (κ2) is 8.33. The van der Waals surface area contributed by atoms with Crippen molar-refractivity contribution in [1.82, 2.24) is 0 Å². The van der Waals surface area contributed by atoms with Crippen LogP contribution in [0.15, 0.2) is 42.5 Å². The van der Waals surface area contributed by atoms with Gasteiger partial charge in [-0.1, -0.05) is 29.8 Å². The van der Waals surface area contributed by atoms with E-state index in [2.05, 4.69) is 5.32 Å². The molecule has 0 radical (unpaired) electrons. The first-order valence-corrected chi connectivity index (χ1v) is 8.13. The van der Waals surface area contributed by atoms with E-state index in [0.29, 0.717) is 11.4 Å². The molecule has 1 atom stereocenters. The molecule has 0 saturated heterocycles. The van der Waals surface area contributed by atoms with Crippen molar-refractivity contribution in [1.29, 1.82) is 0 Å². The molecule has 0 aromatic heterocycles. The number of anilines is 1. The van der Waals surface area contributed by atoms with Crippen LogP contribution >= 0.6 is 0 Å². The molecule has 0 spiro atoms. The average molecular weight is 341 g/mol. The maximum Gasteiger partial charge on any atom is 0.344 e. The lowest BCUT2D eigenvalue weighted by molar-refractivity contribution is -0.155. The van der Waals surface area contributed by atoms with Gasteiger partial charge in [0.05, 0.1) is 0 Å². The van der Waals surface area contributed by atoms with Gasteiger partial charge in [0, 0.05) is 5.69 Å². The highest BCUT2D eigenvalue weighted by molar-refractivity contribution is 5.95. The van der Waals surface area contributed by atoms with Crippen LogP contribution in [0.25, 0.3) is 0 Å². The van der Waals surface area contributed by atoms with Crippen molar-refractivity contribution in [3.05, 3.63) is 59.2 Å². The fourth-order valence-electron chi connectivity index (χ4n) is 2.18. The molecule has 0 bridgehead atoms. The number of aryl methyl sites for hydroxylation is 2. The molecule has 0 fully saturated rings. The molecule has 0 unspecified atom stereocenters. The van der Waals surface area contributed by atoms with Gasteiger partial charge in [0.1, 0.15) is 5.75 Å². The number of carbonyl (C=O) groups is 2. The molecule has 0 aliphatic heterocycles. The summed E-state index contributed by atoms with van der Waals surface area (Å²) in [7, 11) is 0. The summed E-state index contributed by atoms with van der Waals surface area (Å²) in [6.45, 7) is 7.14. The van der Waals surface area contributed by atoms with Gasteiger partial charge in [0.15, 0.2) is 12.7 Å². The minimum Gasteiger partial charge on any atom is -0.482 e. The van der Waals surface area contributed by atoms with Crippen LogP contribution in [0.1, 0.15) is 23.6 Å². The molecule has 25 heavy (non-hydrogen) atoms. The normalized spacial score (nSPS) is 11.5. The van der Waals surface area contributed by atoms with Crippen molar-refractivity contribution in [3.63, 3.8) is 0 Å². The van der Waals surface area contributed by atoms with Crippen LogP contribution in [0.4, 0.5) is 5.69 Å². The molecule has 132 valence electrons. The van der Waals surface area contributed by atoms with Crippen molar-refractivity contribution in [2.45, 2.75) is 33.8 Å². The second-order valence-electron chi connectivity index (χ2n) is 5.97. The molecule has 0 aliphatic carbocycles. The van der Waals surface area contributed by atoms with Crippen LogP contribution in [-0.2, 0) is 14.3 Å². The highest BCUT2D eigenvalue weighted by Gasteiger charge is 2.18. The first-order valence-electron chi connectivity index (χ1n) is 8.13. The first-order chi connectivity index (χ1) is 11.9. The van der Waals surface area contributed by atoms with E-state index >= 15 is 0 Å². The zero-order valence-corrected chi connectivity index (χ0v) is 15.0. The fraction of sp³-hybridized carbons (Fsp3) is 0.300. The second-order valence-corrected chi connectivity index (χ2v) is 5.97. The number of esters is 1. The highest BCUT2D eigenvalue weighted by Crippen LogP contribution is 2.20. The summed E-state index contributed by atoms with van der Waals surface area (Å²) in [5, 5.41) is 2.71. The third-order valence-corrected chi connectivity index (χ3v) is 3.90. The molecule has 1 N–H and O–H groups in total. The Morgan fingerprint density at radius 2 is 1.72 bits per heavy atom. The Bertz CT molecular complexity index is 753. The number of ether oxygens (including phenoxy) is 2. The van der Waals surface area contributed by atoms with Crippen LogP contribution in [0.5, 0.6) is 5.75 Å². The summed E-state index contributed by atoms with van der Waals surface area (Å²) < 4.78 is 10.6. The van der Waals surface area contributed by atoms with E-state index < -0.39 is 12.1 Å². The largest absolute Gasteiger partial charge is 0.482 e. The maximum atomic E-state index is 12.1. The number of hydrogen-bond acceptors (Lipinski definition) is 4. The summed E-state index contributed by atoms with van der Waals surface area (Å²) in [5.74, 6) is -0.342. The molecular formula is C20H23NO4. The average Bonchev–Trinajstić information content (AvgIpc) is 2.58. The summed E-state index contributed by atoms with van der Waals surface area (Å²) in [5.41, 5.74) is 3.81. The molecule has 2 rings (SSSR count). The Labute approximate surface area is 148 Å². The Balaban J connectivity index is 1.83. The minimum atomic E-state index is -0.906. The molecule has 5 nitrogen and oxygen atoms in total. The van der Waals surface area contributed by atoms with Crippen molar-refractivity contribution < 1.29 is 19.1 Å². The van der Waals surface area contributed by atoms with Crippen molar-refractivity contribution in [2.75, 3.05) is 11.9 Å². The fourth-order valence-corrected chi connectivity index (χ4v) is 2.18. The molecule has 5 heteroatoms. The lowest BCUT2D eigenvalue weighted by atomic mass is 10.1. The van der Waals surface area contributed by atoms with Crippen LogP contribution < -0.4 is 10.1 Å². The Morgan fingerprint density at radius 3 is 2.40 bits per heavy atom. The number of rotatable bonds is 6. The number of benzene rings is 2. The van der Waals surface area contributed by atoms with Crippen LogP contribution in [0, 0.1) is 20.8 Å². The SMILES string of the molecule is Cc1ccc(NC(=O)[C@@H](C)OC(=O)COc2cccc(C)c2C)cc1. The highest BCUT2D eigenvalue weighted by atomic mass is 16.6. The van der Waals surface area contributed by atoms with E-state index in [1.54, 1.807) is 18.2 Å². The predicted octanol–water partition coefficient (Wildman–Crippen LogP) is 3.56. The Morgan fingerprint density at radius 1 is 1.04 bits per heavy atom. The Kier molecular flexibility index (Phi) is 6.17. The number of carbonyl (C=O) groups excluding carboxylic acids is 2. The smallest absolute Gasteiger partial charge is 0.344 e.